The molecule has 4 nitrogen and oxygen atoms in total. The zero-order valence-corrected chi connectivity index (χ0v) is 12.6. The first-order valence-corrected chi connectivity index (χ1v) is 7.20. The molecule has 21 heavy (non-hydrogen) atoms. The van der Waals surface area contributed by atoms with Gasteiger partial charge in [-0.05, 0) is 31.2 Å². The van der Waals surface area contributed by atoms with Crippen molar-refractivity contribution in [2.24, 2.45) is 0 Å². The summed E-state index contributed by atoms with van der Waals surface area (Å²) in [5, 5.41) is 4.89. The molecule has 3 aromatic rings. The van der Waals surface area contributed by atoms with E-state index in [0.29, 0.717) is 5.15 Å². The summed E-state index contributed by atoms with van der Waals surface area (Å²) in [4.78, 5) is 13.1. The minimum atomic E-state index is 0.492. The molecule has 1 aromatic carbocycles. The number of fused-ring (bicyclic) bond motifs is 1. The normalized spacial score (nSPS) is 10.8. The maximum atomic E-state index is 6.16. The van der Waals surface area contributed by atoms with Crippen LogP contribution in [0.25, 0.3) is 10.9 Å². The molecule has 0 amide bonds. The molecule has 0 unspecified atom stereocenters. The molecule has 106 valence electrons. The van der Waals surface area contributed by atoms with Crippen molar-refractivity contribution in [3.05, 3.63) is 53.1 Å². The number of halogens is 1. The van der Waals surface area contributed by atoms with Crippen molar-refractivity contribution in [1.29, 1.82) is 0 Å². The minimum Gasteiger partial charge on any atom is -0.340 e. The first kappa shape index (κ1) is 13.8. The van der Waals surface area contributed by atoms with Crippen LogP contribution in [0.3, 0.4) is 0 Å². The molecule has 2 aromatic heterocycles. The average molecular weight is 299 g/mol. The number of aryl methyl sites for hydroxylation is 1. The van der Waals surface area contributed by atoms with Gasteiger partial charge in [-0.3, -0.25) is 4.98 Å². The zero-order valence-electron chi connectivity index (χ0n) is 11.9. The van der Waals surface area contributed by atoms with Gasteiger partial charge in [0.2, 0.25) is 0 Å². The third kappa shape index (κ3) is 2.81. The van der Waals surface area contributed by atoms with Crippen molar-refractivity contribution >= 4 is 34.0 Å². The topological polar surface area (TPSA) is 50.7 Å². The van der Waals surface area contributed by atoms with Gasteiger partial charge >= 0.3 is 0 Å². The van der Waals surface area contributed by atoms with Crippen LogP contribution in [0.15, 0.2) is 36.5 Å². The van der Waals surface area contributed by atoms with Gasteiger partial charge in [0.15, 0.2) is 0 Å². The number of hydrogen-bond acceptors (Lipinski definition) is 4. The summed E-state index contributed by atoms with van der Waals surface area (Å²) < 4.78 is 0. The molecule has 0 aliphatic carbocycles. The maximum absolute atomic E-state index is 6.16. The highest BCUT2D eigenvalue weighted by atomic mass is 35.5. The van der Waals surface area contributed by atoms with Crippen LogP contribution in [0.1, 0.15) is 18.3 Å². The molecule has 0 saturated carbocycles. The molecule has 0 fully saturated rings. The molecule has 0 aliphatic rings. The summed E-state index contributed by atoms with van der Waals surface area (Å²) >= 11 is 6.16. The Hall–Kier alpha value is -2.20. The van der Waals surface area contributed by atoms with E-state index >= 15 is 0 Å². The van der Waals surface area contributed by atoms with Crippen LogP contribution in [0.2, 0.25) is 5.15 Å². The van der Waals surface area contributed by atoms with Crippen LogP contribution in [-0.4, -0.2) is 15.0 Å². The fraction of sp³-hybridized carbons (Fsp3) is 0.188. The highest BCUT2D eigenvalue weighted by Gasteiger charge is 2.09. The van der Waals surface area contributed by atoms with Gasteiger partial charge in [0.25, 0.3) is 0 Å². The average Bonchev–Trinajstić information content (AvgIpc) is 2.51. The van der Waals surface area contributed by atoms with E-state index in [2.05, 4.69) is 20.3 Å². The van der Waals surface area contributed by atoms with E-state index < -0.39 is 0 Å². The van der Waals surface area contributed by atoms with Gasteiger partial charge in [0.05, 0.1) is 5.52 Å². The number of benzene rings is 1. The number of hydrogen-bond donors (Lipinski definition) is 1. The highest BCUT2D eigenvalue weighted by molar-refractivity contribution is 6.30. The lowest BCUT2D eigenvalue weighted by Gasteiger charge is -2.11. The van der Waals surface area contributed by atoms with Gasteiger partial charge < -0.3 is 5.32 Å². The Morgan fingerprint density at radius 3 is 2.86 bits per heavy atom. The summed E-state index contributed by atoms with van der Waals surface area (Å²) in [5.41, 5.74) is 2.77. The fourth-order valence-electron chi connectivity index (χ4n) is 2.10. The molecule has 0 radical (unpaired) electrons. The maximum Gasteiger partial charge on any atom is 0.138 e. The predicted octanol–water partition coefficient (Wildman–Crippen LogP) is 4.29. The molecule has 0 atom stereocenters. The van der Waals surface area contributed by atoms with Crippen LogP contribution in [0.4, 0.5) is 11.5 Å². The van der Waals surface area contributed by atoms with Gasteiger partial charge in [0.1, 0.15) is 16.8 Å². The van der Waals surface area contributed by atoms with Crippen molar-refractivity contribution in [2.45, 2.75) is 20.3 Å². The SMILES string of the molecule is CCc1nc(Cl)c(C)c(Nc2ccc3ncccc3c2)n1. The number of pyridine rings is 1. The second-order valence-corrected chi connectivity index (χ2v) is 5.15. The number of rotatable bonds is 3. The number of aromatic nitrogens is 3. The van der Waals surface area contributed by atoms with E-state index in [-0.39, 0.29) is 0 Å². The van der Waals surface area contributed by atoms with E-state index in [4.69, 9.17) is 11.6 Å². The summed E-state index contributed by atoms with van der Waals surface area (Å²) in [7, 11) is 0. The molecular weight excluding hydrogens is 284 g/mol. The Balaban J connectivity index is 2.00. The van der Waals surface area contributed by atoms with Gasteiger partial charge in [-0.25, -0.2) is 9.97 Å². The first-order valence-electron chi connectivity index (χ1n) is 6.82. The lowest BCUT2D eigenvalue weighted by atomic mass is 10.2. The van der Waals surface area contributed by atoms with Crippen molar-refractivity contribution in [3.63, 3.8) is 0 Å². The Morgan fingerprint density at radius 2 is 2.05 bits per heavy atom. The summed E-state index contributed by atoms with van der Waals surface area (Å²) in [6.07, 6.45) is 2.54. The van der Waals surface area contributed by atoms with Crippen molar-refractivity contribution in [1.82, 2.24) is 15.0 Å². The second-order valence-electron chi connectivity index (χ2n) is 4.79. The molecule has 0 aliphatic heterocycles. The Labute approximate surface area is 128 Å². The summed E-state index contributed by atoms with van der Waals surface area (Å²) in [6.45, 7) is 3.92. The molecule has 3 rings (SSSR count). The monoisotopic (exact) mass is 298 g/mol. The molecular formula is C16H15ClN4. The van der Waals surface area contributed by atoms with E-state index in [1.165, 1.54) is 0 Å². The summed E-state index contributed by atoms with van der Waals surface area (Å²) in [6, 6.07) is 9.97. The van der Waals surface area contributed by atoms with Gasteiger partial charge in [-0.15, -0.1) is 0 Å². The van der Waals surface area contributed by atoms with Gasteiger partial charge in [0, 0.05) is 29.3 Å². The number of nitrogens with zero attached hydrogens (tertiary/aromatic N) is 3. The first-order chi connectivity index (χ1) is 10.2. The van der Waals surface area contributed by atoms with E-state index in [0.717, 1.165) is 40.2 Å². The smallest absolute Gasteiger partial charge is 0.138 e. The third-order valence-corrected chi connectivity index (χ3v) is 3.68. The Bertz CT molecular complexity index is 801. The van der Waals surface area contributed by atoms with E-state index in [9.17, 15) is 0 Å². The molecule has 0 bridgehead atoms. The largest absolute Gasteiger partial charge is 0.340 e. The van der Waals surface area contributed by atoms with Gasteiger partial charge in [-0.2, -0.15) is 0 Å². The van der Waals surface area contributed by atoms with Crippen molar-refractivity contribution < 1.29 is 0 Å². The molecule has 5 heteroatoms. The second kappa shape index (κ2) is 5.66. The van der Waals surface area contributed by atoms with E-state index in [1.54, 1.807) is 6.20 Å². The Morgan fingerprint density at radius 1 is 1.19 bits per heavy atom. The molecule has 2 heterocycles. The van der Waals surface area contributed by atoms with Crippen LogP contribution in [0.5, 0.6) is 0 Å². The molecule has 0 saturated heterocycles. The predicted molar refractivity (Wildman–Crippen MR) is 86.2 cm³/mol. The standard InChI is InChI=1S/C16H15ClN4/c1-3-14-20-15(17)10(2)16(21-14)19-12-6-7-13-11(9-12)5-4-8-18-13/h4-9H,3H2,1-2H3,(H,19,20,21). The lowest BCUT2D eigenvalue weighted by molar-refractivity contribution is 0.934. The van der Waals surface area contributed by atoms with Crippen molar-refractivity contribution in [3.8, 4) is 0 Å². The number of nitrogens with one attached hydrogen (secondary N) is 1. The van der Waals surface area contributed by atoms with E-state index in [1.807, 2.05) is 44.2 Å². The molecule has 1 N–H and O–H groups in total. The van der Waals surface area contributed by atoms with Crippen LogP contribution in [-0.2, 0) is 6.42 Å². The van der Waals surface area contributed by atoms with Gasteiger partial charge in [-0.1, -0.05) is 24.6 Å². The van der Waals surface area contributed by atoms with Crippen LogP contribution < -0.4 is 5.32 Å². The zero-order chi connectivity index (χ0) is 14.8. The Kier molecular flexibility index (Phi) is 3.71. The quantitative estimate of drug-likeness (QED) is 0.733. The van der Waals surface area contributed by atoms with Crippen LogP contribution in [0, 0.1) is 6.92 Å². The van der Waals surface area contributed by atoms with Crippen LogP contribution >= 0.6 is 11.6 Å². The summed E-state index contributed by atoms with van der Waals surface area (Å²) in [5.74, 6) is 1.48. The van der Waals surface area contributed by atoms with Crippen molar-refractivity contribution in [2.75, 3.05) is 5.32 Å². The fourth-order valence-corrected chi connectivity index (χ4v) is 2.29. The highest BCUT2D eigenvalue weighted by Crippen LogP contribution is 2.25. The lowest BCUT2D eigenvalue weighted by Crippen LogP contribution is -2.03. The minimum absolute atomic E-state index is 0.492. The molecule has 0 spiro atoms. The third-order valence-electron chi connectivity index (χ3n) is 3.31. The number of anilines is 2.